The Hall–Kier alpha value is -1.50. The Labute approximate surface area is 90.7 Å². The molecule has 77 valence electrons. The first-order valence-corrected chi connectivity index (χ1v) is 5.31. The zero-order chi connectivity index (χ0) is 10.5. The predicted molar refractivity (Wildman–Crippen MR) is 62.4 cm³/mol. The van der Waals surface area contributed by atoms with Gasteiger partial charge in [-0.15, -0.1) is 0 Å². The summed E-state index contributed by atoms with van der Waals surface area (Å²) >= 11 is 0. The number of hydrogen-bond donors (Lipinski definition) is 0. The lowest BCUT2D eigenvalue weighted by atomic mass is 10.0. The molecule has 0 aliphatic rings. The van der Waals surface area contributed by atoms with E-state index in [1.165, 1.54) is 16.7 Å². The number of hydrogen-bond acceptors (Lipinski definition) is 1. The fourth-order valence-corrected chi connectivity index (χ4v) is 1.70. The van der Waals surface area contributed by atoms with E-state index in [-0.39, 0.29) is 0 Å². The van der Waals surface area contributed by atoms with Crippen molar-refractivity contribution in [1.29, 1.82) is 0 Å². The molecular weight excluding hydrogens is 184 g/mol. The number of unbranched alkanes of at least 4 members (excludes halogenated alkanes) is 1. The van der Waals surface area contributed by atoms with Crippen molar-refractivity contribution in [2.75, 3.05) is 0 Å². The van der Waals surface area contributed by atoms with Gasteiger partial charge < -0.3 is 4.42 Å². The Morgan fingerprint density at radius 1 is 1.07 bits per heavy atom. The van der Waals surface area contributed by atoms with Crippen molar-refractivity contribution < 1.29 is 4.42 Å². The Bertz CT molecular complexity index is 400. The van der Waals surface area contributed by atoms with E-state index in [4.69, 9.17) is 4.42 Å². The van der Waals surface area contributed by atoms with Gasteiger partial charge in [0, 0.05) is 5.56 Å². The van der Waals surface area contributed by atoms with Gasteiger partial charge in [0.2, 0.25) is 0 Å². The van der Waals surface area contributed by atoms with E-state index >= 15 is 0 Å². The average molecular weight is 199 g/mol. The molecule has 0 aliphatic carbocycles. The quantitative estimate of drug-likeness (QED) is 0.722. The lowest BCUT2D eigenvalue weighted by Crippen LogP contribution is -1.85. The van der Waals surface area contributed by atoms with Crippen LogP contribution in [0.1, 0.15) is 18.4 Å². The van der Waals surface area contributed by atoms with Gasteiger partial charge in [-0.25, -0.2) is 0 Å². The maximum Gasteiger partial charge on any atom is 0.0983 e. The van der Waals surface area contributed by atoms with Gasteiger partial charge in [0.05, 0.1) is 12.5 Å². The van der Waals surface area contributed by atoms with E-state index in [1.54, 1.807) is 0 Å². The molecule has 0 atom stereocenters. The second kappa shape index (κ2) is 4.83. The fraction of sp³-hybridized carbons (Fsp3) is 0.214. The van der Waals surface area contributed by atoms with Crippen LogP contribution in [0.25, 0.3) is 11.1 Å². The van der Waals surface area contributed by atoms with Crippen molar-refractivity contribution in [2.45, 2.75) is 19.3 Å². The molecule has 1 nitrogen and oxygen atoms in total. The van der Waals surface area contributed by atoms with Gasteiger partial charge in [0.25, 0.3) is 0 Å². The van der Waals surface area contributed by atoms with Crippen LogP contribution in [-0.4, -0.2) is 0 Å². The summed E-state index contributed by atoms with van der Waals surface area (Å²) in [5.74, 6) is 0. The van der Waals surface area contributed by atoms with Crippen LogP contribution < -0.4 is 0 Å². The van der Waals surface area contributed by atoms with E-state index < -0.39 is 0 Å². The summed E-state index contributed by atoms with van der Waals surface area (Å²) in [6.07, 6.45) is 6.80. The molecule has 0 N–H and O–H groups in total. The standard InChI is InChI=1S/C14H15O/c1-2-3-7-13-10-15-11-14(13)12-8-5-4-6-9-12/h4-6,8-11H,1-3,7H2. The fourth-order valence-electron chi connectivity index (χ4n) is 1.70. The predicted octanol–water partition coefficient (Wildman–Crippen LogP) is 4.10. The summed E-state index contributed by atoms with van der Waals surface area (Å²) in [6.45, 7) is 3.86. The lowest BCUT2D eigenvalue weighted by Gasteiger charge is -2.01. The molecule has 1 aromatic heterocycles. The maximum absolute atomic E-state index is 5.28. The zero-order valence-corrected chi connectivity index (χ0v) is 8.78. The third-order valence-corrected chi connectivity index (χ3v) is 2.52. The molecular formula is C14H15O. The molecule has 0 aliphatic heterocycles. The molecule has 0 amide bonds. The van der Waals surface area contributed by atoms with Crippen molar-refractivity contribution >= 4 is 0 Å². The highest BCUT2D eigenvalue weighted by Crippen LogP contribution is 2.25. The Kier molecular flexibility index (Phi) is 3.23. The van der Waals surface area contributed by atoms with Crippen LogP contribution in [0, 0.1) is 6.92 Å². The molecule has 15 heavy (non-hydrogen) atoms. The molecule has 0 spiro atoms. The molecule has 0 fully saturated rings. The van der Waals surface area contributed by atoms with Crippen LogP contribution in [0.15, 0.2) is 47.3 Å². The van der Waals surface area contributed by atoms with E-state index in [0.717, 1.165) is 19.3 Å². The largest absolute Gasteiger partial charge is 0.472 e. The Balaban J connectivity index is 2.25. The second-order valence-electron chi connectivity index (χ2n) is 3.63. The van der Waals surface area contributed by atoms with E-state index in [1.807, 2.05) is 30.7 Å². The molecule has 2 aromatic rings. The van der Waals surface area contributed by atoms with Gasteiger partial charge in [0.1, 0.15) is 0 Å². The van der Waals surface area contributed by atoms with Gasteiger partial charge in [-0.2, -0.15) is 0 Å². The number of benzene rings is 1. The second-order valence-corrected chi connectivity index (χ2v) is 3.63. The zero-order valence-electron chi connectivity index (χ0n) is 8.78. The van der Waals surface area contributed by atoms with Crippen molar-refractivity contribution in [1.82, 2.24) is 0 Å². The van der Waals surface area contributed by atoms with Crippen LogP contribution in [0.4, 0.5) is 0 Å². The summed E-state index contributed by atoms with van der Waals surface area (Å²) in [5, 5.41) is 0. The average Bonchev–Trinajstić information content (AvgIpc) is 2.75. The van der Waals surface area contributed by atoms with E-state index in [9.17, 15) is 0 Å². The van der Waals surface area contributed by atoms with Crippen LogP contribution >= 0.6 is 0 Å². The highest BCUT2D eigenvalue weighted by molar-refractivity contribution is 5.65. The Morgan fingerprint density at radius 2 is 1.87 bits per heavy atom. The summed E-state index contributed by atoms with van der Waals surface area (Å²) in [7, 11) is 0. The first-order chi connectivity index (χ1) is 7.42. The minimum Gasteiger partial charge on any atom is -0.472 e. The van der Waals surface area contributed by atoms with Gasteiger partial charge in [-0.3, -0.25) is 0 Å². The van der Waals surface area contributed by atoms with Crippen molar-refractivity contribution in [3.8, 4) is 11.1 Å². The highest BCUT2D eigenvalue weighted by Gasteiger charge is 2.06. The molecule has 0 unspecified atom stereocenters. The summed E-state index contributed by atoms with van der Waals surface area (Å²) < 4.78 is 5.28. The minimum atomic E-state index is 0.972. The summed E-state index contributed by atoms with van der Waals surface area (Å²) in [5.41, 5.74) is 3.72. The molecule has 0 bridgehead atoms. The Morgan fingerprint density at radius 3 is 2.60 bits per heavy atom. The lowest BCUT2D eigenvalue weighted by molar-refractivity contribution is 0.563. The van der Waals surface area contributed by atoms with Crippen molar-refractivity contribution in [2.24, 2.45) is 0 Å². The molecule has 2 rings (SSSR count). The van der Waals surface area contributed by atoms with Gasteiger partial charge in [-0.05, 0) is 24.0 Å². The van der Waals surface area contributed by atoms with Crippen LogP contribution in [0.5, 0.6) is 0 Å². The van der Waals surface area contributed by atoms with Gasteiger partial charge in [-0.1, -0.05) is 43.7 Å². The molecule has 0 saturated carbocycles. The molecule has 1 radical (unpaired) electrons. The van der Waals surface area contributed by atoms with Crippen LogP contribution in [-0.2, 0) is 6.42 Å². The SMILES string of the molecule is [CH2]CCCc1cocc1-c1ccccc1. The highest BCUT2D eigenvalue weighted by atomic mass is 16.3. The monoisotopic (exact) mass is 199 g/mol. The molecule has 1 aromatic carbocycles. The molecule has 1 heterocycles. The topological polar surface area (TPSA) is 13.1 Å². The summed E-state index contributed by atoms with van der Waals surface area (Å²) in [4.78, 5) is 0. The van der Waals surface area contributed by atoms with E-state index in [0.29, 0.717) is 0 Å². The molecule has 1 heteroatoms. The van der Waals surface area contributed by atoms with Crippen molar-refractivity contribution in [3.63, 3.8) is 0 Å². The summed E-state index contributed by atoms with van der Waals surface area (Å²) in [6, 6.07) is 10.3. The minimum absolute atomic E-state index is 0.972. The maximum atomic E-state index is 5.28. The van der Waals surface area contributed by atoms with Crippen molar-refractivity contribution in [3.05, 3.63) is 55.3 Å². The smallest absolute Gasteiger partial charge is 0.0983 e. The number of aryl methyl sites for hydroxylation is 1. The number of rotatable bonds is 4. The first kappa shape index (κ1) is 10.0. The van der Waals surface area contributed by atoms with Crippen LogP contribution in [0.2, 0.25) is 0 Å². The van der Waals surface area contributed by atoms with E-state index in [2.05, 4.69) is 19.1 Å². The van der Waals surface area contributed by atoms with Crippen LogP contribution in [0.3, 0.4) is 0 Å². The molecule has 0 saturated heterocycles. The van der Waals surface area contributed by atoms with Gasteiger partial charge in [0.15, 0.2) is 0 Å². The third kappa shape index (κ3) is 2.30. The third-order valence-electron chi connectivity index (χ3n) is 2.52. The normalized spacial score (nSPS) is 10.5. The van der Waals surface area contributed by atoms with Gasteiger partial charge >= 0.3 is 0 Å². The first-order valence-electron chi connectivity index (χ1n) is 5.31. The number of furan rings is 1.